The number of aliphatic hydroxyl groups excluding tert-OH is 1. The summed E-state index contributed by atoms with van der Waals surface area (Å²) in [4.78, 5) is 27.0. The van der Waals surface area contributed by atoms with Gasteiger partial charge in [-0.25, -0.2) is 4.99 Å². The highest BCUT2D eigenvalue weighted by molar-refractivity contribution is 6.68. The van der Waals surface area contributed by atoms with Gasteiger partial charge in [0.1, 0.15) is 5.76 Å². The fourth-order valence-corrected chi connectivity index (χ4v) is 2.19. The summed E-state index contributed by atoms with van der Waals surface area (Å²) in [5.74, 6) is -1.34. The second-order valence-corrected chi connectivity index (χ2v) is 6.79. The van der Waals surface area contributed by atoms with Gasteiger partial charge < -0.3 is 9.84 Å². The molecule has 116 valence electrons. The van der Waals surface area contributed by atoms with E-state index in [1.54, 1.807) is 24.3 Å². The van der Waals surface area contributed by atoms with E-state index in [-0.39, 0.29) is 11.3 Å². The van der Waals surface area contributed by atoms with Crippen molar-refractivity contribution in [3.8, 4) is 0 Å². The Labute approximate surface area is 141 Å². The van der Waals surface area contributed by atoms with Crippen LogP contribution in [0, 0.1) is 0 Å². The van der Waals surface area contributed by atoms with Crippen LogP contribution in [-0.2, 0) is 9.53 Å². The molecule has 0 bridgehead atoms. The Bertz CT molecular complexity index is 692. The van der Waals surface area contributed by atoms with Gasteiger partial charge in [-0.1, -0.05) is 59.1 Å². The second-order valence-electron chi connectivity index (χ2n) is 4.42. The first-order valence-corrected chi connectivity index (χ1v) is 7.19. The highest BCUT2D eigenvalue weighted by atomic mass is 35.6. The molecule has 22 heavy (non-hydrogen) atoms. The fourth-order valence-electron chi connectivity index (χ4n) is 1.89. The Morgan fingerprint density at radius 1 is 1.32 bits per heavy atom. The van der Waals surface area contributed by atoms with E-state index in [1.807, 2.05) is 0 Å². The number of aliphatic hydroxyl groups is 1. The lowest BCUT2D eigenvalue weighted by molar-refractivity contribution is -0.145. The van der Waals surface area contributed by atoms with Gasteiger partial charge in [0.25, 0.3) is 0 Å². The highest BCUT2D eigenvalue weighted by Gasteiger charge is 2.36. The lowest BCUT2D eigenvalue weighted by Crippen LogP contribution is -2.29. The summed E-state index contributed by atoms with van der Waals surface area (Å²) in [6.45, 7) is 1.13. The molecule has 1 unspecified atom stereocenters. The molecule has 0 fully saturated rings. The number of ether oxygens (including phenoxy) is 1. The molecular weight excluding hydrogens is 353 g/mol. The zero-order valence-corrected chi connectivity index (χ0v) is 13.5. The van der Waals surface area contributed by atoms with Crippen molar-refractivity contribution < 1.29 is 19.4 Å². The number of carbonyl (C=O) groups excluding carboxylic acids is 2. The summed E-state index contributed by atoms with van der Waals surface area (Å²) in [5.41, 5.74) is 0.679. The molecule has 0 amide bonds. The average Bonchev–Trinajstić information content (AvgIpc) is 2.66. The summed E-state index contributed by atoms with van der Waals surface area (Å²) in [6, 6.07) is 6.54. The molecule has 0 saturated heterocycles. The van der Waals surface area contributed by atoms with Crippen molar-refractivity contribution in [3.63, 3.8) is 0 Å². The number of allylic oxidation sites excluding steroid dienone is 1. The third-order valence-corrected chi connectivity index (χ3v) is 3.38. The van der Waals surface area contributed by atoms with Gasteiger partial charge in [-0.3, -0.25) is 9.59 Å². The smallest absolute Gasteiger partial charge is 0.304 e. The molecule has 0 spiro atoms. The minimum Gasteiger partial charge on any atom is -0.506 e. The molecule has 0 aliphatic heterocycles. The minimum atomic E-state index is -2.01. The van der Waals surface area contributed by atoms with Crippen molar-refractivity contribution in [2.75, 3.05) is 0 Å². The van der Waals surface area contributed by atoms with Crippen LogP contribution in [0.4, 0.5) is 0 Å². The average molecular weight is 363 g/mol. The van der Waals surface area contributed by atoms with Crippen LogP contribution in [0.1, 0.15) is 22.8 Å². The van der Waals surface area contributed by atoms with Crippen LogP contribution in [0.5, 0.6) is 0 Å². The van der Waals surface area contributed by atoms with Crippen LogP contribution in [0.3, 0.4) is 0 Å². The van der Waals surface area contributed by atoms with E-state index in [1.165, 1.54) is 0 Å². The van der Waals surface area contributed by atoms with E-state index >= 15 is 0 Å². The number of aliphatic imine (C=N–C) groups is 1. The lowest BCUT2D eigenvalue weighted by atomic mass is 10.1. The highest BCUT2D eigenvalue weighted by Crippen LogP contribution is 2.34. The summed E-state index contributed by atoms with van der Waals surface area (Å²) < 4.78 is 2.77. The Hall–Kier alpha value is -1.56. The second kappa shape index (κ2) is 6.28. The van der Waals surface area contributed by atoms with Gasteiger partial charge >= 0.3 is 5.97 Å². The fraction of sp³-hybridized carbons (Fsp3) is 0.214. The molecule has 8 heteroatoms. The van der Waals surface area contributed by atoms with Gasteiger partial charge in [0.05, 0.1) is 5.57 Å². The largest absolute Gasteiger partial charge is 0.506 e. The number of benzene rings is 1. The molecule has 1 atom stereocenters. The molecule has 1 aromatic rings. The Morgan fingerprint density at radius 3 is 2.41 bits per heavy atom. The number of esters is 1. The van der Waals surface area contributed by atoms with Crippen LogP contribution < -0.4 is 0 Å². The van der Waals surface area contributed by atoms with Crippen LogP contribution in [-0.4, -0.2) is 33.1 Å². The number of Topliss-reactive ketones (excluding diaryl/α,β-unsaturated/α-hetero) is 1. The Morgan fingerprint density at radius 2 is 1.91 bits per heavy atom. The molecule has 0 heterocycles. The SMILES string of the molecule is CC(=O)OC(/N=C/C1=C(O)c2ccccc2C1=O)C(Cl)(Cl)Cl. The van der Waals surface area contributed by atoms with Crippen molar-refractivity contribution in [1.29, 1.82) is 0 Å². The van der Waals surface area contributed by atoms with Gasteiger partial charge in [0.15, 0.2) is 5.78 Å². The number of rotatable bonds is 3. The predicted octanol–water partition coefficient (Wildman–Crippen LogP) is 3.48. The number of carbonyl (C=O) groups is 2. The first kappa shape index (κ1) is 16.8. The van der Waals surface area contributed by atoms with E-state index in [0.29, 0.717) is 11.1 Å². The maximum atomic E-state index is 12.2. The molecule has 1 N–H and O–H groups in total. The van der Waals surface area contributed by atoms with E-state index in [9.17, 15) is 14.7 Å². The molecule has 5 nitrogen and oxygen atoms in total. The van der Waals surface area contributed by atoms with E-state index in [0.717, 1.165) is 13.1 Å². The number of fused-ring (bicyclic) bond motifs is 1. The predicted molar refractivity (Wildman–Crippen MR) is 84.7 cm³/mol. The standard InChI is InChI=1S/C14H10Cl3NO4/c1-7(19)22-13(14(15,16)17)18-6-10-11(20)8-4-2-3-5-9(8)12(10)21/h2-6,13,20H,1H3/b18-6+. The quantitative estimate of drug-likeness (QED) is 0.507. The number of halogens is 3. The molecule has 2 rings (SSSR count). The van der Waals surface area contributed by atoms with Crippen LogP contribution in [0.25, 0.3) is 5.76 Å². The van der Waals surface area contributed by atoms with Crippen LogP contribution in [0.2, 0.25) is 0 Å². The van der Waals surface area contributed by atoms with Gasteiger partial charge in [0.2, 0.25) is 10.0 Å². The zero-order valence-electron chi connectivity index (χ0n) is 11.2. The van der Waals surface area contributed by atoms with Gasteiger partial charge in [0, 0.05) is 24.3 Å². The molecular formula is C14H10Cl3NO4. The topological polar surface area (TPSA) is 76.0 Å². The molecule has 0 saturated carbocycles. The Balaban J connectivity index is 2.32. The lowest BCUT2D eigenvalue weighted by Gasteiger charge is -2.19. The number of ketones is 1. The number of alkyl halides is 3. The molecule has 1 aliphatic carbocycles. The normalized spacial score (nSPS) is 16.1. The van der Waals surface area contributed by atoms with Gasteiger partial charge in [-0.15, -0.1) is 0 Å². The Kier molecular flexibility index (Phi) is 4.80. The number of hydrogen-bond acceptors (Lipinski definition) is 5. The molecule has 0 aromatic heterocycles. The van der Waals surface area contributed by atoms with Crippen molar-refractivity contribution in [2.24, 2.45) is 4.99 Å². The summed E-state index contributed by atoms with van der Waals surface area (Å²) in [7, 11) is 0. The third kappa shape index (κ3) is 3.43. The molecule has 1 aromatic carbocycles. The molecule has 1 aliphatic rings. The van der Waals surface area contributed by atoms with Gasteiger partial charge in [-0.05, 0) is 0 Å². The number of hydrogen-bond donors (Lipinski definition) is 1. The molecule has 0 radical (unpaired) electrons. The summed E-state index contributed by atoms with van der Waals surface area (Å²) in [6.07, 6.45) is -0.403. The van der Waals surface area contributed by atoms with Crippen molar-refractivity contribution >= 4 is 58.5 Å². The van der Waals surface area contributed by atoms with E-state index in [2.05, 4.69) is 4.99 Å². The van der Waals surface area contributed by atoms with Gasteiger partial charge in [-0.2, -0.15) is 0 Å². The number of nitrogens with zero attached hydrogens (tertiary/aromatic N) is 1. The van der Waals surface area contributed by atoms with E-state index in [4.69, 9.17) is 39.5 Å². The first-order valence-electron chi connectivity index (χ1n) is 6.06. The summed E-state index contributed by atoms with van der Waals surface area (Å²) in [5, 5.41) is 10.1. The maximum Gasteiger partial charge on any atom is 0.304 e. The monoisotopic (exact) mass is 361 g/mol. The third-order valence-electron chi connectivity index (χ3n) is 2.82. The van der Waals surface area contributed by atoms with Crippen molar-refractivity contribution in [2.45, 2.75) is 16.9 Å². The van der Waals surface area contributed by atoms with E-state index < -0.39 is 21.8 Å². The minimum absolute atomic E-state index is 0.0624. The van der Waals surface area contributed by atoms with Crippen molar-refractivity contribution in [3.05, 3.63) is 41.0 Å². The van der Waals surface area contributed by atoms with Crippen LogP contribution >= 0.6 is 34.8 Å². The maximum absolute atomic E-state index is 12.2. The summed E-state index contributed by atoms with van der Waals surface area (Å²) >= 11 is 17.0. The first-order chi connectivity index (χ1) is 10.2. The van der Waals surface area contributed by atoms with Crippen molar-refractivity contribution in [1.82, 2.24) is 0 Å². The zero-order chi connectivity index (χ0) is 16.5. The van der Waals surface area contributed by atoms with Crippen LogP contribution in [0.15, 0.2) is 34.8 Å².